The Morgan fingerprint density at radius 3 is 2.43 bits per heavy atom. The molecule has 2 aromatic carbocycles. The lowest BCUT2D eigenvalue weighted by molar-refractivity contribution is 0.818. The molecule has 1 heterocycles. The van der Waals surface area contributed by atoms with Gasteiger partial charge in [-0.05, 0) is 48.4 Å². The summed E-state index contributed by atoms with van der Waals surface area (Å²) in [5, 5.41) is 4.31. The number of rotatable bonds is 3. The third-order valence-corrected chi connectivity index (χ3v) is 3.70. The smallest absolute Gasteiger partial charge is 0.124 e. The molecule has 1 aromatic heterocycles. The van der Waals surface area contributed by atoms with Gasteiger partial charge in [-0.3, -0.25) is 0 Å². The zero-order chi connectivity index (χ0) is 14.8. The van der Waals surface area contributed by atoms with Crippen LogP contribution in [0.15, 0.2) is 48.5 Å². The number of anilines is 1. The maximum absolute atomic E-state index is 5.85. The summed E-state index contributed by atoms with van der Waals surface area (Å²) >= 11 is 0. The molecule has 0 amide bonds. The van der Waals surface area contributed by atoms with E-state index in [1.165, 1.54) is 11.1 Å². The molecule has 0 aliphatic rings. The number of hydrogen-bond donors (Lipinski definition) is 2. The van der Waals surface area contributed by atoms with Crippen LogP contribution in [0.4, 0.5) is 5.82 Å². The highest BCUT2D eigenvalue weighted by Gasteiger charge is 2.04. The largest absolute Gasteiger partial charge is 0.384 e. The molecule has 0 aliphatic heterocycles. The van der Waals surface area contributed by atoms with Gasteiger partial charge in [-0.2, -0.15) is 0 Å². The van der Waals surface area contributed by atoms with E-state index in [-0.39, 0.29) is 0 Å². The molecule has 3 rings (SSSR count). The minimum Gasteiger partial charge on any atom is -0.384 e. The fraction of sp³-hybridized carbons (Fsp3) is 0.167. The van der Waals surface area contributed by atoms with Gasteiger partial charge >= 0.3 is 0 Å². The summed E-state index contributed by atoms with van der Waals surface area (Å²) in [6.07, 6.45) is 0. The van der Waals surface area contributed by atoms with E-state index in [2.05, 4.69) is 59.7 Å². The first-order valence-corrected chi connectivity index (χ1v) is 7.08. The molecule has 21 heavy (non-hydrogen) atoms. The highest BCUT2D eigenvalue weighted by Crippen LogP contribution is 2.26. The zero-order valence-corrected chi connectivity index (χ0v) is 12.4. The van der Waals surface area contributed by atoms with Crippen molar-refractivity contribution in [3.8, 4) is 11.1 Å². The van der Waals surface area contributed by atoms with Gasteiger partial charge in [0.25, 0.3) is 0 Å². The van der Waals surface area contributed by atoms with Crippen molar-refractivity contribution in [2.75, 3.05) is 12.8 Å². The lowest BCUT2D eigenvalue weighted by Gasteiger charge is -2.08. The summed E-state index contributed by atoms with van der Waals surface area (Å²) in [5.74, 6) is 0.571. The summed E-state index contributed by atoms with van der Waals surface area (Å²) < 4.78 is 0. The monoisotopic (exact) mass is 277 g/mol. The third kappa shape index (κ3) is 2.73. The first-order valence-electron chi connectivity index (χ1n) is 7.08. The van der Waals surface area contributed by atoms with Gasteiger partial charge in [-0.15, -0.1) is 0 Å². The average Bonchev–Trinajstić information content (AvgIpc) is 2.47. The van der Waals surface area contributed by atoms with Crippen molar-refractivity contribution in [1.82, 2.24) is 10.3 Å². The van der Waals surface area contributed by atoms with E-state index in [9.17, 15) is 0 Å². The van der Waals surface area contributed by atoms with E-state index >= 15 is 0 Å². The molecule has 3 heteroatoms. The third-order valence-electron chi connectivity index (χ3n) is 3.70. The fourth-order valence-corrected chi connectivity index (χ4v) is 2.63. The topological polar surface area (TPSA) is 50.9 Å². The van der Waals surface area contributed by atoms with Crippen molar-refractivity contribution in [2.24, 2.45) is 0 Å². The number of nitrogens with two attached hydrogens (primary N) is 1. The molecule has 3 nitrogen and oxygen atoms in total. The summed E-state index contributed by atoms with van der Waals surface area (Å²) in [6.45, 7) is 2.95. The second kappa shape index (κ2) is 5.54. The fourth-order valence-electron chi connectivity index (χ4n) is 2.63. The normalized spacial score (nSPS) is 11.0. The van der Waals surface area contributed by atoms with Crippen molar-refractivity contribution in [2.45, 2.75) is 13.5 Å². The van der Waals surface area contributed by atoms with Crippen LogP contribution in [0.3, 0.4) is 0 Å². The number of nitrogen functional groups attached to an aromatic ring is 1. The van der Waals surface area contributed by atoms with Gasteiger partial charge in [0.15, 0.2) is 0 Å². The molecule has 0 fully saturated rings. The SMILES string of the molecule is CNCc1ccc(-c2ccc3c(C)cc(N)nc3c2)cc1. The molecule has 106 valence electrons. The van der Waals surface area contributed by atoms with Crippen LogP contribution in [0, 0.1) is 6.92 Å². The molecular formula is C18H19N3. The quantitative estimate of drug-likeness (QED) is 0.770. The van der Waals surface area contributed by atoms with E-state index in [0.717, 1.165) is 28.6 Å². The Hall–Kier alpha value is -2.39. The van der Waals surface area contributed by atoms with Crippen LogP contribution in [0.25, 0.3) is 22.0 Å². The van der Waals surface area contributed by atoms with Crippen LogP contribution in [0.1, 0.15) is 11.1 Å². The predicted molar refractivity (Wildman–Crippen MR) is 89.1 cm³/mol. The van der Waals surface area contributed by atoms with Gasteiger partial charge in [0.2, 0.25) is 0 Å². The highest BCUT2D eigenvalue weighted by atomic mass is 14.8. The van der Waals surface area contributed by atoms with Gasteiger partial charge < -0.3 is 11.1 Å². The Morgan fingerprint density at radius 1 is 1.00 bits per heavy atom. The van der Waals surface area contributed by atoms with Gasteiger partial charge in [-0.25, -0.2) is 4.98 Å². The Labute approximate surface area is 124 Å². The summed E-state index contributed by atoms with van der Waals surface area (Å²) in [6, 6.07) is 16.9. The molecule has 0 aliphatic carbocycles. The number of pyridine rings is 1. The van der Waals surface area contributed by atoms with Gasteiger partial charge in [0, 0.05) is 11.9 Å². The average molecular weight is 277 g/mol. The van der Waals surface area contributed by atoms with Crippen LogP contribution in [0.5, 0.6) is 0 Å². The molecule has 0 spiro atoms. The Kier molecular flexibility index (Phi) is 3.59. The number of nitrogens with zero attached hydrogens (tertiary/aromatic N) is 1. The lowest BCUT2D eigenvalue weighted by Crippen LogP contribution is -2.04. The van der Waals surface area contributed by atoms with Gasteiger partial charge in [-0.1, -0.05) is 36.4 Å². The van der Waals surface area contributed by atoms with Crippen molar-refractivity contribution in [3.05, 3.63) is 59.7 Å². The summed E-state index contributed by atoms with van der Waals surface area (Å²) in [7, 11) is 1.95. The highest BCUT2D eigenvalue weighted by molar-refractivity contribution is 5.87. The minimum absolute atomic E-state index is 0.571. The number of aromatic nitrogens is 1. The van der Waals surface area contributed by atoms with E-state index in [0.29, 0.717) is 5.82 Å². The number of hydrogen-bond acceptors (Lipinski definition) is 3. The Balaban J connectivity index is 2.04. The lowest BCUT2D eigenvalue weighted by atomic mass is 10.0. The van der Waals surface area contributed by atoms with Crippen molar-refractivity contribution in [1.29, 1.82) is 0 Å². The summed E-state index contributed by atoms with van der Waals surface area (Å²) in [5.41, 5.74) is 11.6. The Bertz CT molecular complexity index is 776. The van der Waals surface area contributed by atoms with Crippen LogP contribution in [0.2, 0.25) is 0 Å². The first-order chi connectivity index (χ1) is 10.2. The zero-order valence-electron chi connectivity index (χ0n) is 12.4. The Morgan fingerprint density at radius 2 is 1.71 bits per heavy atom. The molecule has 0 saturated heterocycles. The van der Waals surface area contributed by atoms with Crippen LogP contribution in [-0.4, -0.2) is 12.0 Å². The molecule has 3 aromatic rings. The second-order valence-corrected chi connectivity index (χ2v) is 5.32. The molecule has 0 saturated carbocycles. The van der Waals surface area contributed by atoms with E-state index in [1.807, 2.05) is 13.1 Å². The number of benzene rings is 2. The molecule has 0 unspecified atom stereocenters. The van der Waals surface area contributed by atoms with E-state index < -0.39 is 0 Å². The van der Waals surface area contributed by atoms with Gasteiger partial charge in [0.05, 0.1) is 5.52 Å². The molecule has 0 bridgehead atoms. The van der Waals surface area contributed by atoms with Crippen molar-refractivity contribution < 1.29 is 0 Å². The molecule has 0 radical (unpaired) electrons. The van der Waals surface area contributed by atoms with Crippen LogP contribution >= 0.6 is 0 Å². The second-order valence-electron chi connectivity index (χ2n) is 5.32. The standard InChI is InChI=1S/C18H19N3/c1-12-9-18(19)21-17-10-15(7-8-16(12)17)14-5-3-13(4-6-14)11-20-2/h3-10,20H,11H2,1-2H3,(H2,19,21). The van der Waals surface area contributed by atoms with Crippen molar-refractivity contribution >= 4 is 16.7 Å². The van der Waals surface area contributed by atoms with E-state index in [1.54, 1.807) is 0 Å². The minimum atomic E-state index is 0.571. The molecule has 3 N–H and O–H groups in total. The molecular weight excluding hydrogens is 258 g/mol. The maximum Gasteiger partial charge on any atom is 0.124 e. The predicted octanol–water partition coefficient (Wildman–Crippen LogP) is 3.51. The summed E-state index contributed by atoms with van der Waals surface area (Å²) in [4.78, 5) is 4.44. The first kappa shape index (κ1) is 13.6. The molecule has 0 atom stereocenters. The van der Waals surface area contributed by atoms with Crippen LogP contribution in [-0.2, 0) is 6.54 Å². The maximum atomic E-state index is 5.85. The number of fused-ring (bicyclic) bond motifs is 1. The van der Waals surface area contributed by atoms with E-state index in [4.69, 9.17) is 5.73 Å². The van der Waals surface area contributed by atoms with Crippen LogP contribution < -0.4 is 11.1 Å². The van der Waals surface area contributed by atoms with Crippen molar-refractivity contribution in [3.63, 3.8) is 0 Å². The number of nitrogens with one attached hydrogen (secondary N) is 1. The van der Waals surface area contributed by atoms with Gasteiger partial charge in [0.1, 0.15) is 5.82 Å². The number of aryl methyl sites for hydroxylation is 1.